The molecule has 4 nitrogen and oxygen atoms in total. The fourth-order valence-corrected chi connectivity index (χ4v) is 2.87. The molecule has 0 spiro atoms. The Kier molecular flexibility index (Phi) is 4.53. The summed E-state index contributed by atoms with van der Waals surface area (Å²) in [4.78, 5) is 16.9. The average Bonchev–Trinajstić information content (AvgIpc) is 2.66. The van der Waals surface area contributed by atoms with Gasteiger partial charge in [0.2, 0.25) is 0 Å². The van der Waals surface area contributed by atoms with Crippen molar-refractivity contribution in [2.24, 2.45) is 0 Å². The van der Waals surface area contributed by atoms with Crippen molar-refractivity contribution in [1.82, 2.24) is 4.98 Å². The predicted molar refractivity (Wildman–Crippen MR) is 75.0 cm³/mol. The number of carbonyl (C=O) groups is 1. The second-order valence-electron chi connectivity index (χ2n) is 5.11. The number of ketones is 1. The van der Waals surface area contributed by atoms with Crippen molar-refractivity contribution in [2.45, 2.75) is 51.0 Å². The third kappa shape index (κ3) is 2.95. The number of hydrogen-bond acceptors (Lipinski definition) is 4. The zero-order valence-electron chi connectivity index (χ0n) is 11.5. The summed E-state index contributed by atoms with van der Waals surface area (Å²) < 4.78 is 5.89. The van der Waals surface area contributed by atoms with Gasteiger partial charge in [0.15, 0.2) is 5.78 Å². The highest BCUT2D eigenvalue weighted by Gasteiger charge is 2.40. The SMILES string of the molecule is CCOC1(C(=O)c2cccnc2N)CCCCCC1. The zero-order valence-corrected chi connectivity index (χ0v) is 11.5. The molecule has 1 aliphatic carbocycles. The minimum atomic E-state index is -0.692. The molecule has 1 aliphatic rings. The lowest BCUT2D eigenvalue weighted by Crippen LogP contribution is -2.41. The predicted octanol–water partition coefficient (Wildman–Crippen LogP) is 2.98. The first-order valence-corrected chi connectivity index (χ1v) is 7.09. The molecule has 0 radical (unpaired) electrons. The van der Waals surface area contributed by atoms with E-state index in [9.17, 15) is 4.79 Å². The van der Waals surface area contributed by atoms with Crippen molar-refractivity contribution in [3.8, 4) is 0 Å². The molecule has 19 heavy (non-hydrogen) atoms. The first kappa shape index (κ1) is 14.0. The number of rotatable bonds is 4. The van der Waals surface area contributed by atoms with E-state index in [2.05, 4.69) is 4.98 Å². The number of aromatic nitrogens is 1. The third-order valence-corrected chi connectivity index (χ3v) is 3.83. The topological polar surface area (TPSA) is 65.2 Å². The van der Waals surface area contributed by atoms with Gasteiger partial charge in [-0.3, -0.25) is 4.79 Å². The molecule has 0 aliphatic heterocycles. The molecule has 0 bridgehead atoms. The van der Waals surface area contributed by atoms with E-state index < -0.39 is 5.60 Å². The lowest BCUT2D eigenvalue weighted by atomic mass is 9.86. The van der Waals surface area contributed by atoms with Crippen molar-refractivity contribution >= 4 is 11.6 Å². The molecule has 0 saturated heterocycles. The Bertz CT molecular complexity index is 438. The number of pyridine rings is 1. The lowest BCUT2D eigenvalue weighted by Gasteiger charge is -2.31. The number of Topliss-reactive ketones (excluding diaryl/α,β-unsaturated/α-hetero) is 1. The number of carbonyl (C=O) groups excluding carboxylic acids is 1. The summed E-state index contributed by atoms with van der Waals surface area (Å²) in [5, 5.41) is 0. The molecule has 1 heterocycles. The number of anilines is 1. The maximum atomic E-state index is 12.8. The molecule has 0 amide bonds. The molecule has 2 N–H and O–H groups in total. The van der Waals surface area contributed by atoms with Crippen molar-refractivity contribution < 1.29 is 9.53 Å². The second-order valence-corrected chi connectivity index (χ2v) is 5.11. The number of ether oxygens (including phenoxy) is 1. The summed E-state index contributed by atoms with van der Waals surface area (Å²) in [5.74, 6) is 0.303. The van der Waals surface area contributed by atoms with E-state index in [4.69, 9.17) is 10.5 Å². The van der Waals surface area contributed by atoms with Gasteiger partial charge in [-0.15, -0.1) is 0 Å². The van der Waals surface area contributed by atoms with Crippen LogP contribution in [0.15, 0.2) is 18.3 Å². The van der Waals surface area contributed by atoms with Crippen LogP contribution < -0.4 is 5.73 Å². The van der Waals surface area contributed by atoms with Gasteiger partial charge >= 0.3 is 0 Å². The van der Waals surface area contributed by atoms with Crippen LogP contribution in [0.1, 0.15) is 55.8 Å². The van der Waals surface area contributed by atoms with Gasteiger partial charge < -0.3 is 10.5 Å². The fourth-order valence-electron chi connectivity index (χ4n) is 2.87. The van der Waals surface area contributed by atoms with Crippen LogP contribution in [-0.2, 0) is 4.74 Å². The molecule has 1 fully saturated rings. The average molecular weight is 262 g/mol. The first-order valence-electron chi connectivity index (χ1n) is 7.09. The third-order valence-electron chi connectivity index (χ3n) is 3.83. The Balaban J connectivity index is 2.32. The van der Waals surface area contributed by atoms with E-state index in [1.165, 1.54) is 12.8 Å². The van der Waals surface area contributed by atoms with Crippen LogP contribution in [0, 0.1) is 0 Å². The van der Waals surface area contributed by atoms with Gasteiger partial charge in [-0.2, -0.15) is 0 Å². The lowest BCUT2D eigenvalue weighted by molar-refractivity contribution is -0.0292. The number of nitrogen functional groups attached to an aromatic ring is 1. The molecule has 0 unspecified atom stereocenters. The highest BCUT2D eigenvalue weighted by atomic mass is 16.5. The first-order chi connectivity index (χ1) is 9.19. The van der Waals surface area contributed by atoms with Crippen LogP contribution in [0.2, 0.25) is 0 Å². The summed E-state index contributed by atoms with van der Waals surface area (Å²) in [7, 11) is 0. The molecular formula is C15H22N2O2. The van der Waals surface area contributed by atoms with Crippen LogP contribution in [0.5, 0.6) is 0 Å². The Hall–Kier alpha value is -1.42. The minimum absolute atomic E-state index is 0.00171. The quantitative estimate of drug-likeness (QED) is 0.669. The van der Waals surface area contributed by atoms with Gasteiger partial charge in [-0.25, -0.2) is 4.98 Å². The van der Waals surface area contributed by atoms with Crippen LogP contribution in [0.3, 0.4) is 0 Å². The Morgan fingerprint density at radius 2 is 2.05 bits per heavy atom. The second kappa shape index (κ2) is 6.15. The summed E-state index contributed by atoms with van der Waals surface area (Å²) in [6.45, 7) is 2.48. The molecule has 0 atom stereocenters. The summed E-state index contributed by atoms with van der Waals surface area (Å²) in [5.41, 5.74) is 5.64. The summed E-state index contributed by atoms with van der Waals surface area (Å²) in [6.07, 6.45) is 7.58. The molecule has 0 aromatic carbocycles. The summed E-state index contributed by atoms with van der Waals surface area (Å²) in [6, 6.07) is 3.50. The van der Waals surface area contributed by atoms with Crippen molar-refractivity contribution in [1.29, 1.82) is 0 Å². The number of hydrogen-bond donors (Lipinski definition) is 1. The highest BCUT2D eigenvalue weighted by Crippen LogP contribution is 2.34. The molecule has 1 aromatic heterocycles. The van der Waals surface area contributed by atoms with Crippen LogP contribution in [0.4, 0.5) is 5.82 Å². The molecule has 4 heteroatoms. The summed E-state index contributed by atoms with van der Waals surface area (Å²) >= 11 is 0. The smallest absolute Gasteiger partial charge is 0.198 e. The number of nitrogens with zero attached hydrogens (tertiary/aromatic N) is 1. The van der Waals surface area contributed by atoms with E-state index in [0.717, 1.165) is 25.7 Å². The maximum absolute atomic E-state index is 12.8. The molecule has 1 aromatic rings. The largest absolute Gasteiger partial charge is 0.383 e. The fraction of sp³-hybridized carbons (Fsp3) is 0.600. The molecule has 104 valence electrons. The van der Waals surface area contributed by atoms with E-state index in [1.54, 1.807) is 18.3 Å². The monoisotopic (exact) mass is 262 g/mol. The zero-order chi connectivity index (χ0) is 13.7. The van der Waals surface area contributed by atoms with E-state index in [1.807, 2.05) is 6.92 Å². The van der Waals surface area contributed by atoms with Crippen molar-refractivity contribution in [3.05, 3.63) is 23.9 Å². The van der Waals surface area contributed by atoms with Gasteiger partial charge in [0, 0.05) is 12.8 Å². The van der Waals surface area contributed by atoms with Gasteiger partial charge in [0.25, 0.3) is 0 Å². The normalized spacial score (nSPS) is 18.8. The Morgan fingerprint density at radius 1 is 1.37 bits per heavy atom. The van der Waals surface area contributed by atoms with Gasteiger partial charge in [0.1, 0.15) is 11.4 Å². The van der Waals surface area contributed by atoms with Crippen LogP contribution in [0.25, 0.3) is 0 Å². The van der Waals surface area contributed by atoms with Gasteiger partial charge in [-0.05, 0) is 31.9 Å². The van der Waals surface area contributed by atoms with E-state index in [0.29, 0.717) is 18.0 Å². The van der Waals surface area contributed by atoms with Gasteiger partial charge in [-0.1, -0.05) is 25.7 Å². The van der Waals surface area contributed by atoms with Crippen molar-refractivity contribution in [3.63, 3.8) is 0 Å². The van der Waals surface area contributed by atoms with Crippen molar-refractivity contribution in [2.75, 3.05) is 12.3 Å². The standard InChI is InChI=1S/C15H22N2O2/c1-2-19-15(9-5-3-4-6-10-15)13(18)12-8-7-11-17-14(12)16/h7-8,11H,2-6,9-10H2,1H3,(H2,16,17). The molecule has 2 rings (SSSR count). The number of nitrogens with two attached hydrogens (primary N) is 1. The van der Waals surface area contributed by atoms with Crippen LogP contribution >= 0.6 is 0 Å². The Labute approximate surface area is 114 Å². The van der Waals surface area contributed by atoms with E-state index in [-0.39, 0.29) is 5.78 Å². The van der Waals surface area contributed by atoms with Crippen LogP contribution in [-0.4, -0.2) is 23.0 Å². The van der Waals surface area contributed by atoms with E-state index >= 15 is 0 Å². The minimum Gasteiger partial charge on any atom is -0.383 e. The molecular weight excluding hydrogens is 240 g/mol. The maximum Gasteiger partial charge on any atom is 0.198 e. The highest BCUT2D eigenvalue weighted by molar-refractivity contribution is 6.05. The molecule has 1 saturated carbocycles. The Morgan fingerprint density at radius 3 is 2.63 bits per heavy atom. The van der Waals surface area contributed by atoms with Gasteiger partial charge in [0.05, 0.1) is 5.56 Å².